The average Bonchev–Trinajstić information content (AvgIpc) is 2.62. The lowest BCUT2D eigenvalue weighted by atomic mass is 9.90. The van der Waals surface area contributed by atoms with E-state index >= 15 is 0 Å². The van der Waals surface area contributed by atoms with Crippen LogP contribution < -0.4 is 10.2 Å². The fraction of sp³-hybridized carbons (Fsp3) is 0.550. The Morgan fingerprint density at radius 3 is 2.23 bits per heavy atom. The van der Waals surface area contributed by atoms with Crippen LogP contribution in [0.5, 0.6) is 0 Å². The summed E-state index contributed by atoms with van der Waals surface area (Å²) >= 11 is 0. The van der Waals surface area contributed by atoms with E-state index in [-0.39, 0.29) is 17.6 Å². The zero-order valence-electron chi connectivity index (χ0n) is 16.1. The summed E-state index contributed by atoms with van der Waals surface area (Å²) in [6, 6.07) is 9.86. The summed E-state index contributed by atoms with van der Waals surface area (Å²) < 4.78 is 0. The van der Waals surface area contributed by atoms with Crippen LogP contribution >= 0.6 is 0 Å². The Morgan fingerprint density at radius 1 is 1.19 bits per heavy atom. The van der Waals surface area contributed by atoms with Gasteiger partial charge in [0.2, 0.25) is 5.91 Å². The maximum atomic E-state index is 12.3. The highest BCUT2D eigenvalue weighted by Gasteiger charge is 2.30. The third-order valence-corrected chi connectivity index (χ3v) is 5.16. The van der Waals surface area contributed by atoms with Crippen LogP contribution in [0.1, 0.15) is 38.1 Å². The molecule has 2 rings (SSSR count). The molecule has 0 aromatic heterocycles. The number of Topliss-reactive ketones (excluding diaryl/α,β-unsaturated/α-hetero) is 1. The van der Waals surface area contributed by atoms with Crippen LogP contribution in [0.25, 0.3) is 0 Å². The monoisotopic (exact) mass is 356 g/mol. The van der Waals surface area contributed by atoms with Gasteiger partial charge in [-0.2, -0.15) is 5.26 Å². The number of anilines is 1. The minimum atomic E-state index is -0.836. The summed E-state index contributed by atoms with van der Waals surface area (Å²) in [7, 11) is 0. The molecule has 0 radical (unpaired) electrons. The summed E-state index contributed by atoms with van der Waals surface area (Å²) in [6.07, 6.45) is 0. The molecule has 1 heterocycles. The van der Waals surface area contributed by atoms with Crippen molar-refractivity contribution < 1.29 is 9.59 Å². The largest absolute Gasteiger partial charge is 0.369 e. The van der Waals surface area contributed by atoms with E-state index < -0.39 is 5.54 Å². The lowest BCUT2D eigenvalue weighted by Crippen LogP contribution is -2.54. The van der Waals surface area contributed by atoms with Crippen molar-refractivity contribution in [3.63, 3.8) is 0 Å². The van der Waals surface area contributed by atoms with Crippen molar-refractivity contribution in [2.75, 3.05) is 37.6 Å². The number of nitriles is 1. The smallest absolute Gasteiger partial charge is 0.235 e. The number of carbonyl (C=O) groups excluding carboxylic acids is 2. The molecule has 140 valence electrons. The first-order valence-corrected chi connectivity index (χ1v) is 9.05. The maximum absolute atomic E-state index is 12.3. The van der Waals surface area contributed by atoms with E-state index in [4.69, 9.17) is 0 Å². The molecule has 1 atom stereocenters. The molecule has 1 aromatic carbocycles. The van der Waals surface area contributed by atoms with Gasteiger partial charge in [-0.3, -0.25) is 14.5 Å². The molecule has 1 aliphatic rings. The van der Waals surface area contributed by atoms with Gasteiger partial charge in [0.05, 0.1) is 12.6 Å². The van der Waals surface area contributed by atoms with Gasteiger partial charge in [-0.05, 0) is 44.0 Å². The molecular weight excluding hydrogens is 328 g/mol. The third kappa shape index (κ3) is 4.83. The Labute approximate surface area is 155 Å². The van der Waals surface area contributed by atoms with E-state index in [0.29, 0.717) is 6.54 Å². The number of nitrogens with one attached hydrogen (secondary N) is 1. The zero-order chi connectivity index (χ0) is 19.3. The first-order valence-electron chi connectivity index (χ1n) is 9.05. The van der Waals surface area contributed by atoms with Crippen LogP contribution in [-0.2, 0) is 4.79 Å². The second kappa shape index (κ2) is 8.33. The van der Waals surface area contributed by atoms with Crippen molar-refractivity contribution in [3.8, 4) is 6.07 Å². The summed E-state index contributed by atoms with van der Waals surface area (Å²) in [5.74, 6) is 0.00595. The van der Waals surface area contributed by atoms with Crippen LogP contribution in [0.4, 0.5) is 5.69 Å². The van der Waals surface area contributed by atoms with Gasteiger partial charge in [-0.25, -0.2) is 0 Å². The van der Waals surface area contributed by atoms with Crippen molar-refractivity contribution in [3.05, 3.63) is 29.8 Å². The lowest BCUT2D eigenvalue weighted by molar-refractivity contribution is -0.124. The van der Waals surface area contributed by atoms with Crippen molar-refractivity contribution in [1.82, 2.24) is 10.2 Å². The van der Waals surface area contributed by atoms with Crippen LogP contribution in [0.15, 0.2) is 24.3 Å². The standard InChI is InChI=1S/C20H28N4O2/c1-15(2)20(4,14-21)22-19(26)13-23-9-11-24(12-10-23)18-7-5-17(6-8-18)16(3)25/h5-8,15H,9-13H2,1-4H3,(H,22,26). The Kier molecular flexibility index (Phi) is 6.38. The van der Waals surface area contributed by atoms with E-state index in [1.807, 2.05) is 38.1 Å². The quantitative estimate of drug-likeness (QED) is 0.790. The predicted molar refractivity (Wildman–Crippen MR) is 102 cm³/mol. The Morgan fingerprint density at radius 2 is 1.77 bits per heavy atom. The van der Waals surface area contributed by atoms with Crippen molar-refractivity contribution in [1.29, 1.82) is 5.26 Å². The van der Waals surface area contributed by atoms with Crippen LogP contribution in [0.2, 0.25) is 0 Å². The number of hydrogen-bond donors (Lipinski definition) is 1. The van der Waals surface area contributed by atoms with Crippen molar-refractivity contribution in [2.45, 2.75) is 33.2 Å². The molecule has 1 aromatic rings. The summed E-state index contributed by atoms with van der Waals surface area (Å²) in [5.41, 5.74) is 0.975. The zero-order valence-corrected chi connectivity index (χ0v) is 16.1. The van der Waals surface area contributed by atoms with Crippen molar-refractivity contribution in [2.24, 2.45) is 5.92 Å². The fourth-order valence-corrected chi connectivity index (χ4v) is 2.90. The molecule has 1 saturated heterocycles. The summed E-state index contributed by atoms with van der Waals surface area (Å²) in [6.45, 7) is 10.7. The van der Waals surface area contributed by atoms with Crippen LogP contribution in [-0.4, -0.2) is 54.9 Å². The first kappa shape index (κ1) is 19.9. The molecule has 0 aliphatic carbocycles. The molecule has 0 bridgehead atoms. The number of benzene rings is 1. The Bertz CT molecular complexity index is 685. The fourth-order valence-electron chi connectivity index (χ4n) is 2.90. The normalized spacial score (nSPS) is 17.5. The number of ketones is 1. The molecule has 0 spiro atoms. The third-order valence-electron chi connectivity index (χ3n) is 5.16. The first-order chi connectivity index (χ1) is 12.2. The molecule has 1 N–H and O–H groups in total. The van der Waals surface area contributed by atoms with E-state index in [9.17, 15) is 14.9 Å². The maximum Gasteiger partial charge on any atom is 0.235 e. The van der Waals surface area contributed by atoms with Crippen LogP contribution in [0, 0.1) is 17.2 Å². The average molecular weight is 356 g/mol. The Hall–Kier alpha value is -2.39. The molecular formula is C20H28N4O2. The highest BCUT2D eigenvalue weighted by molar-refractivity contribution is 5.94. The van der Waals surface area contributed by atoms with Crippen LogP contribution in [0.3, 0.4) is 0 Å². The topological polar surface area (TPSA) is 76.4 Å². The van der Waals surface area contributed by atoms with Gasteiger partial charge in [-0.15, -0.1) is 0 Å². The Balaban J connectivity index is 1.85. The number of carbonyl (C=O) groups is 2. The molecule has 6 nitrogen and oxygen atoms in total. The van der Waals surface area contributed by atoms with Gasteiger partial charge in [0.25, 0.3) is 0 Å². The highest BCUT2D eigenvalue weighted by atomic mass is 16.2. The summed E-state index contributed by atoms with van der Waals surface area (Å²) in [5, 5.41) is 12.2. The molecule has 1 unspecified atom stereocenters. The number of nitrogens with zero attached hydrogens (tertiary/aromatic N) is 3. The highest BCUT2D eigenvalue weighted by Crippen LogP contribution is 2.18. The van der Waals surface area contributed by atoms with E-state index in [1.165, 1.54) is 0 Å². The number of amides is 1. The number of hydrogen-bond acceptors (Lipinski definition) is 5. The molecule has 1 fully saturated rings. The predicted octanol–water partition coefficient (Wildman–Crippen LogP) is 2.07. The molecule has 1 amide bonds. The minimum Gasteiger partial charge on any atom is -0.369 e. The van der Waals surface area contributed by atoms with E-state index in [1.54, 1.807) is 13.8 Å². The molecule has 0 saturated carbocycles. The summed E-state index contributed by atoms with van der Waals surface area (Å²) in [4.78, 5) is 28.0. The van der Waals surface area contributed by atoms with Crippen molar-refractivity contribution >= 4 is 17.4 Å². The second-order valence-corrected chi connectivity index (χ2v) is 7.38. The van der Waals surface area contributed by atoms with Gasteiger partial charge in [0.15, 0.2) is 5.78 Å². The lowest BCUT2D eigenvalue weighted by Gasteiger charge is -2.36. The van der Waals surface area contributed by atoms with Gasteiger partial charge in [-0.1, -0.05) is 13.8 Å². The molecule has 26 heavy (non-hydrogen) atoms. The van der Waals surface area contributed by atoms with E-state index in [2.05, 4.69) is 21.2 Å². The van der Waals surface area contributed by atoms with E-state index in [0.717, 1.165) is 37.4 Å². The number of piperazine rings is 1. The van der Waals surface area contributed by atoms with Gasteiger partial charge in [0, 0.05) is 37.4 Å². The van der Waals surface area contributed by atoms with Gasteiger partial charge < -0.3 is 10.2 Å². The van der Waals surface area contributed by atoms with Gasteiger partial charge >= 0.3 is 0 Å². The molecule has 6 heteroatoms. The SMILES string of the molecule is CC(=O)c1ccc(N2CCN(CC(=O)NC(C)(C#N)C(C)C)CC2)cc1. The second-order valence-electron chi connectivity index (χ2n) is 7.38. The number of rotatable bonds is 6. The molecule has 1 aliphatic heterocycles. The van der Waals surface area contributed by atoms with Gasteiger partial charge in [0.1, 0.15) is 5.54 Å². The minimum absolute atomic E-state index is 0.0475.